The fraction of sp³-hybridized carbons (Fsp3) is 0.905. The Morgan fingerprint density at radius 2 is 1.35 bits per heavy atom. The lowest BCUT2D eigenvalue weighted by Gasteiger charge is -2.38. The van der Waals surface area contributed by atoms with Gasteiger partial charge in [0.15, 0.2) is 0 Å². The van der Waals surface area contributed by atoms with Gasteiger partial charge in [-0.15, -0.1) is 0 Å². The second-order valence-corrected chi connectivity index (χ2v) is 7.95. The van der Waals surface area contributed by atoms with Crippen LogP contribution in [0, 0.1) is 0 Å². The minimum Gasteiger partial charge on any atom is -0.314 e. The standard InChI is InChI=1S/C21H45N2/c1-7-9-10-11-12-13-14-15-16-17-18-23(5,6)21(8-2)22-19-20(3)4/h21-22H,3,7-19H2,1-2,4-6H3/q+1. The summed E-state index contributed by atoms with van der Waals surface area (Å²) in [6.07, 6.45) is 15.9. The molecule has 1 unspecified atom stereocenters. The average molecular weight is 326 g/mol. The van der Waals surface area contributed by atoms with E-state index < -0.39 is 0 Å². The van der Waals surface area contributed by atoms with Gasteiger partial charge >= 0.3 is 0 Å². The van der Waals surface area contributed by atoms with Gasteiger partial charge in [0, 0.05) is 13.0 Å². The van der Waals surface area contributed by atoms with Gasteiger partial charge in [-0.1, -0.05) is 77.4 Å². The Bertz CT molecular complexity index is 284. The second kappa shape index (κ2) is 14.0. The van der Waals surface area contributed by atoms with Crippen LogP contribution in [0.15, 0.2) is 12.2 Å². The fourth-order valence-electron chi connectivity index (χ4n) is 3.34. The van der Waals surface area contributed by atoms with E-state index in [1.807, 2.05) is 0 Å². The molecule has 23 heavy (non-hydrogen) atoms. The highest BCUT2D eigenvalue weighted by Crippen LogP contribution is 2.14. The molecule has 0 radical (unpaired) electrons. The summed E-state index contributed by atoms with van der Waals surface area (Å²) in [4.78, 5) is 0. The molecule has 2 nitrogen and oxygen atoms in total. The van der Waals surface area contributed by atoms with E-state index in [0.717, 1.165) is 11.0 Å². The Kier molecular flexibility index (Phi) is 13.8. The van der Waals surface area contributed by atoms with E-state index in [1.165, 1.54) is 82.7 Å². The summed E-state index contributed by atoms with van der Waals surface area (Å²) in [5.74, 6) is 0. The number of nitrogens with one attached hydrogen (secondary N) is 1. The Balaban J connectivity index is 3.69. The molecule has 1 N–H and O–H groups in total. The van der Waals surface area contributed by atoms with Crippen LogP contribution < -0.4 is 5.32 Å². The van der Waals surface area contributed by atoms with Crippen LogP contribution in [0.25, 0.3) is 0 Å². The SMILES string of the molecule is C=C(C)CNC(CC)[N+](C)(C)CCCCCCCCCCCC. The van der Waals surface area contributed by atoms with Crippen LogP contribution in [0.3, 0.4) is 0 Å². The maximum atomic E-state index is 4.00. The van der Waals surface area contributed by atoms with E-state index >= 15 is 0 Å². The van der Waals surface area contributed by atoms with Crippen LogP contribution in [-0.4, -0.2) is 37.8 Å². The molecule has 0 amide bonds. The Labute approximate surface area is 147 Å². The second-order valence-electron chi connectivity index (χ2n) is 7.95. The van der Waals surface area contributed by atoms with Crippen LogP contribution in [-0.2, 0) is 0 Å². The zero-order valence-electron chi connectivity index (χ0n) is 16.9. The number of nitrogens with zero attached hydrogens (tertiary/aromatic N) is 1. The first-order valence-corrected chi connectivity index (χ1v) is 10.1. The normalized spacial score (nSPS) is 13.3. The molecule has 0 spiro atoms. The lowest BCUT2D eigenvalue weighted by Crippen LogP contribution is -2.56. The first-order chi connectivity index (χ1) is 10.9. The number of hydrogen-bond acceptors (Lipinski definition) is 1. The van der Waals surface area contributed by atoms with Crippen LogP contribution in [0.1, 0.15) is 91.4 Å². The molecule has 0 aliphatic carbocycles. The van der Waals surface area contributed by atoms with Gasteiger partial charge in [-0.05, 0) is 19.8 Å². The zero-order valence-corrected chi connectivity index (χ0v) is 16.9. The van der Waals surface area contributed by atoms with Gasteiger partial charge in [0.05, 0.1) is 20.6 Å². The molecule has 0 aromatic heterocycles. The van der Waals surface area contributed by atoms with Gasteiger partial charge in [-0.25, -0.2) is 0 Å². The summed E-state index contributed by atoms with van der Waals surface area (Å²) < 4.78 is 1.08. The predicted molar refractivity (Wildman–Crippen MR) is 106 cm³/mol. The maximum Gasteiger partial charge on any atom is 0.142 e. The molecule has 0 aromatic carbocycles. The largest absolute Gasteiger partial charge is 0.314 e. The van der Waals surface area contributed by atoms with Crippen LogP contribution in [0.5, 0.6) is 0 Å². The summed E-state index contributed by atoms with van der Waals surface area (Å²) >= 11 is 0. The van der Waals surface area contributed by atoms with Gasteiger partial charge in [-0.3, -0.25) is 5.32 Å². The molecule has 0 fully saturated rings. The molecule has 0 aromatic rings. The molecule has 138 valence electrons. The topological polar surface area (TPSA) is 12.0 Å². The number of quaternary nitrogens is 1. The molecular weight excluding hydrogens is 280 g/mol. The van der Waals surface area contributed by atoms with E-state index in [2.05, 4.69) is 46.8 Å². The molecule has 1 atom stereocenters. The van der Waals surface area contributed by atoms with Crippen molar-refractivity contribution in [2.75, 3.05) is 27.2 Å². The Morgan fingerprint density at radius 3 is 1.78 bits per heavy atom. The first-order valence-electron chi connectivity index (χ1n) is 10.1. The van der Waals surface area contributed by atoms with Crippen molar-refractivity contribution in [3.8, 4) is 0 Å². The molecule has 0 aliphatic heterocycles. The first kappa shape index (κ1) is 22.7. The summed E-state index contributed by atoms with van der Waals surface area (Å²) in [6, 6.07) is 0. The van der Waals surface area contributed by atoms with Crippen molar-refractivity contribution in [3.63, 3.8) is 0 Å². The Hall–Kier alpha value is -0.340. The zero-order chi connectivity index (χ0) is 17.6. The lowest BCUT2D eigenvalue weighted by molar-refractivity contribution is -0.918. The minimum absolute atomic E-state index is 0.547. The van der Waals surface area contributed by atoms with Crippen molar-refractivity contribution in [1.29, 1.82) is 0 Å². The van der Waals surface area contributed by atoms with Crippen molar-refractivity contribution < 1.29 is 4.48 Å². The highest BCUT2D eigenvalue weighted by molar-refractivity contribution is 4.90. The smallest absolute Gasteiger partial charge is 0.142 e. The molecular formula is C21H45N2+. The van der Waals surface area contributed by atoms with Gasteiger partial charge in [-0.2, -0.15) is 0 Å². The van der Waals surface area contributed by atoms with Crippen LogP contribution in [0.2, 0.25) is 0 Å². The number of rotatable bonds is 16. The minimum atomic E-state index is 0.547. The van der Waals surface area contributed by atoms with Crippen molar-refractivity contribution in [2.45, 2.75) is 97.6 Å². The van der Waals surface area contributed by atoms with Crippen molar-refractivity contribution in [3.05, 3.63) is 12.2 Å². The molecule has 0 saturated carbocycles. The van der Waals surface area contributed by atoms with Gasteiger partial charge < -0.3 is 4.48 Å². The monoisotopic (exact) mass is 325 g/mol. The highest BCUT2D eigenvalue weighted by atomic mass is 15.4. The van der Waals surface area contributed by atoms with Crippen molar-refractivity contribution >= 4 is 0 Å². The molecule has 2 heteroatoms. The van der Waals surface area contributed by atoms with Crippen molar-refractivity contribution in [1.82, 2.24) is 5.32 Å². The Morgan fingerprint density at radius 1 is 0.870 bits per heavy atom. The van der Waals surface area contributed by atoms with E-state index in [0.29, 0.717) is 6.17 Å². The summed E-state index contributed by atoms with van der Waals surface area (Å²) in [5.41, 5.74) is 1.22. The highest BCUT2D eigenvalue weighted by Gasteiger charge is 2.25. The van der Waals surface area contributed by atoms with Gasteiger partial charge in [0.25, 0.3) is 0 Å². The average Bonchev–Trinajstić information content (AvgIpc) is 2.49. The number of hydrogen-bond donors (Lipinski definition) is 1. The van der Waals surface area contributed by atoms with E-state index in [-0.39, 0.29) is 0 Å². The van der Waals surface area contributed by atoms with Crippen LogP contribution >= 0.6 is 0 Å². The summed E-state index contributed by atoms with van der Waals surface area (Å²) in [7, 11) is 4.74. The van der Waals surface area contributed by atoms with E-state index in [4.69, 9.17) is 0 Å². The third kappa shape index (κ3) is 12.7. The third-order valence-electron chi connectivity index (χ3n) is 4.96. The van der Waals surface area contributed by atoms with Gasteiger partial charge in [0.1, 0.15) is 6.17 Å². The quantitative estimate of drug-likeness (QED) is 0.162. The molecule has 0 bridgehead atoms. The van der Waals surface area contributed by atoms with Crippen LogP contribution in [0.4, 0.5) is 0 Å². The molecule has 0 rings (SSSR count). The summed E-state index contributed by atoms with van der Waals surface area (Å²) in [6.45, 7) is 12.9. The number of unbranched alkanes of at least 4 members (excludes halogenated alkanes) is 9. The van der Waals surface area contributed by atoms with E-state index in [1.54, 1.807) is 0 Å². The third-order valence-corrected chi connectivity index (χ3v) is 4.96. The van der Waals surface area contributed by atoms with Gasteiger partial charge in [0.2, 0.25) is 0 Å². The molecule has 0 heterocycles. The predicted octanol–water partition coefficient (Wildman–Crippen LogP) is 5.89. The summed E-state index contributed by atoms with van der Waals surface area (Å²) in [5, 5.41) is 3.67. The lowest BCUT2D eigenvalue weighted by atomic mass is 10.1. The molecule has 0 saturated heterocycles. The maximum absolute atomic E-state index is 4.00. The molecule has 0 aliphatic rings. The van der Waals surface area contributed by atoms with Crippen molar-refractivity contribution in [2.24, 2.45) is 0 Å². The van der Waals surface area contributed by atoms with E-state index in [9.17, 15) is 0 Å². The fourth-order valence-corrected chi connectivity index (χ4v) is 3.34.